The molecule has 0 aliphatic carbocycles. The predicted octanol–water partition coefficient (Wildman–Crippen LogP) is 29.0. The average Bonchev–Trinajstić information content (AvgIpc) is 1.77. The van der Waals surface area contributed by atoms with Crippen LogP contribution in [0.4, 0.5) is 0 Å². The highest BCUT2D eigenvalue weighted by molar-refractivity contribution is 4.93. The van der Waals surface area contributed by atoms with Crippen molar-refractivity contribution in [3.8, 4) is 0 Å². The fraction of sp³-hybridized carbons (Fsp3) is 1.00. The largest absolute Gasteiger partial charge is 0.298 e. The normalized spacial score (nSPS) is 21.7. The van der Waals surface area contributed by atoms with E-state index < -0.39 is 0 Å². The minimum absolute atomic E-state index is 0.337. The quantitative estimate of drug-likeness (QED) is 0.234. The summed E-state index contributed by atoms with van der Waals surface area (Å²) in [5.41, 5.74) is 4.83. The standard InChI is InChI=1S/2C13H27N.C12H26N2.2C9H19N.4C8H17N.6C3H8/c2*1-12(2,3)11-7-9-14(10-8-11)13(4,5)6;1-11(2,3)13-7-9-14(10-8-13)12(4,5)6;2*1-8-5-6-10(7-8)9(2,3)4;4*1-7-5-9(6-7)8(2,3)4;6*1-3-2/h2*11H,7-10H2,1-6H3;7-10H2,1-6H3;2*8H,5-7H2,1-4H3;4*7H,5-6H2,1-4H3;6*3H2,1-2H3/t;;;2*8-;;;;;;;;;;/m...10........../s1. The lowest BCUT2D eigenvalue weighted by Gasteiger charge is -2.46. The second-order valence-corrected chi connectivity index (χ2v) is 49.9. The molecule has 10 heteroatoms. The van der Waals surface area contributed by atoms with Crippen LogP contribution in [0.2, 0.25) is 0 Å². The number of hydrogen-bond donors (Lipinski definition) is 0. The Kier molecular flexibility index (Phi) is 64.9. The Morgan fingerprint density at radius 3 is 0.345 bits per heavy atom. The highest BCUT2D eigenvalue weighted by Crippen LogP contribution is 2.38. The molecule has 9 rings (SSSR count). The number of rotatable bonds is 0. The second kappa shape index (κ2) is 59.5. The summed E-state index contributed by atoms with van der Waals surface area (Å²) in [4.78, 5) is 25.6. The summed E-state index contributed by atoms with van der Waals surface area (Å²) in [6.45, 7) is 148. The molecular weight excluding hydrogens is 1410 g/mol. The van der Waals surface area contributed by atoms with Gasteiger partial charge in [0.1, 0.15) is 0 Å². The van der Waals surface area contributed by atoms with Gasteiger partial charge in [-0.3, -0.25) is 49.0 Å². The molecule has 0 aromatic rings. The lowest BCUT2D eigenvalue weighted by atomic mass is 9.75. The molecule has 9 aliphatic heterocycles. The molecule has 116 heavy (non-hydrogen) atoms. The Labute approximate surface area is 740 Å². The topological polar surface area (TPSA) is 32.4 Å². The van der Waals surface area contributed by atoms with Gasteiger partial charge in [0.2, 0.25) is 0 Å². The van der Waals surface area contributed by atoms with Crippen molar-refractivity contribution in [2.24, 2.45) is 58.2 Å². The molecule has 9 saturated heterocycles. The van der Waals surface area contributed by atoms with Gasteiger partial charge in [0, 0.05) is 147 Å². The van der Waals surface area contributed by atoms with Crippen LogP contribution in [0.15, 0.2) is 0 Å². The van der Waals surface area contributed by atoms with Gasteiger partial charge in [-0.25, -0.2) is 0 Å². The van der Waals surface area contributed by atoms with E-state index in [1.807, 2.05) is 0 Å². The molecule has 0 N–H and O–H groups in total. The number of likely N-dealkylation sites (tertiary alicyclic amines) is 8. The van der Waals surface area contributed by atoms with Crippen LogP contribution in [0.25, 0.3) is 0 Å². The van der Waals surface area contributed by atoms with Gasteiger partial charge in [-0.15, -0.1) is 0 Å². The van der Waals surface area contributed by atoms with Gasteiger partial charge in [0.15, 0.2) is 0 Å². The molecule has 0 aromatic carbocycles. The molecule has 708 valence electrons. The van der Waals surface area contributed by atoms with E-state index in [-0.39, 0.29) is 0 Å². The summed E-state index contributed by atoms with van der Waals surface area (Å²) in [6.07, 6.45) is 15.8. The van der Waals surface area contributed by atoms with Crippen molar-refractivity contribution >= 4 is 0 Å². The highest BCUT2D eigenvalue weighted by Gasteiger charge is 2.38. The molecule has 2 atom stereocenters. The maximum absolute atomic E-state index is 2.62. The number of piperidine rings is 2. The van der Waals surface area contributed by atoms with Crippen LogP contribution in [-0.2, 0) is 0 Å². The maximum atomic E-state index is 2.62. The van der Waals surface area contributed by atoms with Gasteiger partial charge >= 0.3 is 0 Å². The molecule has 9 aliphatic rings. The zero-order valence-electron chi connectivity index (χ0n) is 91.7. The van der Waals surface area contributed by atoms with Gasteiger partial charge in [-0.1, -0.05) is 205 Å². The second-order valence-electron chi connectivity index (χ2n) is 49.9. The van der Waals surface area contributed by atoms with Crippen LogP contribution in [0, 0.1) is 58.2 Å². The molecular formula is C106H234N10. The predicted molar refractivity (Wildman–Crippen MR) is 538 cm³/mol. The third-order valence-electron chi connectivity index (χ3n) is 23.3. The van der Waals surface area contributed by atoms with E-state index in [2.05, 4.69) is 423 Å². The van der Waals surface area contributed by atoms with Gasteiger partial charge in [0.05, 0.1) is 0 Å². The first kappa shape index (κ1) is 126. The first-order valence-corrected chi connectivity index (χ1v) is 49.6. The van der Waals surface area contributed by atoms with Crippen LogP contribution < -0.4 is 0 Å². The van der Waals surface area contributed by atoms with Crippen molar-refractivity contribution in [2.45, 2.75) is 506 Å². The Hall–Kier alpha value is -0.400. The summed E-state index contributed by atoms with van der Waals surface area (Å²) < 4.78 is 0. The summed E-state index contributed by atoms with van der Waals surface area (Å²) in [6, 6.07) is 0. The van der Waals surface area contributed by atoms with E-state index in [1.54, 1.807) is 0 Å². The van der Waals surface area contributed by atoms with E-state index >= 15 is 0 Å². The Morgan fingerprint density at radius 2 is 0.267 bits per heavy atom. The van der Waals surface area contributed by atoms with Crippen molar-refractivity contribution in [1.82, 2.24) is 49.0 Å². The summed E-state index contributed by atoms with van der Waals surface area (Å²) in [5, 5.41) is 0. The molecule has 0 saturated carbocycles. The first-order chi connectivity index (χ1) is 52.1. The lowest BCUT2D eigenvalue weighted by Crippen LogP contribution is -2.57. The molecule has 10 nitrogen and oxygen atoms in total. The Balaban J connectivity index is -0.000000287. The van der Waals surface area contributed by atoms with E-state index in [4.69, 9.17) is 0 Å². The summed E-state index contributed by atoms with van der Waals surface area (Å²) in [7, 11) is 0. The minimum atomic E-state index is 0.337. The van der Waals surface area contributed by atoms with Gasteiger partial charge < -0.3 is 0 Å². The molecule has 0 spiro atoms. The van der Waals surface area contributed by atoms with Crippen LogP contribution in [0.3, 0.4) is 0 Å². The van der Waals surface area contributed by atoms with Crippen LogP contribution in [0.1, 0.15) is 451 Å². The molecule has 9 heterocycles. The Morgan fingerprint density at radius 1 is 0.155 bits per heavy atom. The molecule has 0 radical (unpaired) electrons. The van der Waals surface area contributed by atoms with E-state index in [0.29, 0.717) is 66.2 Å². The highest BCUT2D eigenvalue weighted by atomic mass is 15.3. The number of piperazine rings is 1. The van der Waals surface area contributed by atoms with E-state index in [9.17, 15) is 0 Å². The van der Waals surface area contributed by atoms with Crippen LogP contribution in [-0.4, -0.2) is 235 Å². The molecule has 9 fully saturated rings. The molecule has 0 amide bonds. The van der Waals surface area contributed by atoms with Gasteiger partial charge in [-0.05, 0) is 344 Å². The minimum Gasteiger partial charge on any atom is -0.298 e. The monoisotopic (exact) mass is 1650 g/mol. The third kappa shape index (κ3) is 62.7. The van der Waals surface area contributed by atoms with Crippen molar-refractivity contribution in [3.63, 3.8) is 0 Å². The van der Waals surface area contributed by atoms with Gasteiger partial charge in [0.25, 0.3) is 0 Å². The maximum Gasteiger partial charge on any atom is 0.0126 e. The summed E-state index contributed by atoms with van der Waals surface area (Å²) in [5.74, 6) is 7.41. The zero-order valence-corrected chi connectivity index (χ0v) is 91.7. The fourth-order valence-corrected chi connectivity index (χ4v) is 15.0. The summed E-state index contributed by atoms with van der Waals surface area (Å²) >= 11 is 0. The van der Waals surface area contributed by atoms with Crippen LogP contribution >= 0.6 is 0 Å². The van der Waals surface area contributed by atoms with Crippen molar-refractivity contribution < 1.29 is 0 Å². The van der Waals surface area contributed by atoms with E-state index in [1.165, 1.54) is 208 Å². The SMILES string of the molecule is CC(C)(C)C1CCN(C(C)(C)C)CC1.CC(C)(C)C1CCN(C(C)(C)C)CC1.CC(C)(C)N1CCN(C(C)(C)C)CC1.CC1CN(C(C)(C)C)C1.CC1CN(C(C)(C)C)C1.CC1CN(C(C)(C)C)C1.CC1CN(C(C)(C)C)C1.CCC.CCC.CCC.CCC.CCC.CCC.C[C@@H]1CCN(C(C)(C)C)C1.C[C@H]1CCN(C(C)(C)C)C1. The molecule has 0 unspecified atom stereocenters. The third-order valence-corrected chi connectivity index (χ3v) is 23.3. The van der Waals surface area contributed by atoms with Crippen LogP contribution in [0.5, 0.6) is 0 Å². The van der Waals surface area contributed by atoms with E-state index in [0.717, 1.165) is 47.3 Å². The zero-order chi connectivity index (χ0) is 93.0. The van der Waals surface area contributed by atoms with Crippen molar-refractivity contribution in [2.75, 3.05) is 131 Å². The lowest BCUT2D eigenvalue weighted by molar-refractivity contribution is 0.0211. The smallest absolute Gasteiger partial charge is 0.0126 e. The Bertz CT molecular complexity index is 1870. The number of hydrogen-bond acceptors (Lipinski definition) is 10. The van der Waals surface area contributed by atoms with Crippen molar-refractivity contribution in [3.05, 3.63) is 0 Å². The molecule has 0 aromatic heterocycles. The number of nitrogens with zero attached hydrogens (tertiary/aromatic N) is 10. The average molecular weight is 1650 g/mol. The molecule has 0 bridgehead atoms. The fourth-order valence-electron chi connectivity index (χ4n) is 15.0. The van der Waals surface area contributed by atoms with Crippen molar-refractivity contribution in [1.29, 1.82) is 0 Å². The first-order valence-electron chi connectivity index (χ1n) is 49.6. The van der Waals surface area contributed by atoms with Gasteiger partial charge in [-0.2, -0.15) is 0 Å².